The van der Waals surface area contributed by atoms with Crippen LogP contribution in [0.5, 0.6) is 0 Å². The van der Waals surface area contributed by atoms with Crippen molar-refractivity contribution in [3.63, 3.8) is 0 Å². The summed E-state index contributed by atoms with van der Waals surface area (Å²) in [5.74, 6) is 0. The van der Waals surface area contributed by atoms with E-state index in [1.807, 2.05) is 0 Å². The van der Waals surface area contributed by atoms with Gasteiger partial charge in [-0.2, -0.15) is 0 Å². The fourth-order valence-corrected chi connectivity index (χ4v) is 2.49. The van der Waals surface area contributed by atoms with Crippen molar-refractivity contribution in [2.24, 2.45) is 4.99 Å². The summed E-state index contributed by atoms with van der Waals surface area (Å²) < 4.78 is 0. The SMILES string of the molecule is C1=C/C2=N\C3CCN(CC3)CC1=CC2. The Bertz CT molecular complexity index is 317. The summed E-state index contributed by atoms with van der Waals surface area (Å²) in [6, 6.07) is 0.596. The Morgan fingerprint density at radius 2 is 2.07 bits per heavy atom. The first-order valence-electron chi connectivity index (χ1n) is 5.56. The minimum Gasteiger partial charge on any atom is -0.299 e. The molecule has 5 heterocycles. The van der Waals surface area contributed by atoms with Crippen molar-refractivity contribution in [2.75, 3.05) is 19.6 Å². The first kappa shape index (κ1) is 8.42. The molecule has 6 rings (SSSR count). The first-order chi connectivity index (χ1) is 6.90. The molecule has 0 spiro atoms. The molecule has 0 aromatic heterocycles. The molecule has 4 bridgehead atoms. The summed E-state index contributed by atoms with van der Waals surface area (Å²) in [6.07, 6.45) is 10.3. The van der Waals surface area contributed by atoms with E-state index in [9.17, 15) is 0 Å². The van der Waals surface area contributed by atoms with Gasteiger partial charge in [0.1, 0.15) is 0 Å². The average molecular weight is 188 g/mol. The van der Waals surface area contributed by atoms with Crippen LogP contribution in [-0.4, -0.2) is 36.3 Å². The Morgan fingerprint density at radius 3 is 2.79 bits per heavy atom. The third-order valence-electron chi connectivity index (χ3n) is 3.37. The Labute approximate surface area is 85.0 Å². The third kappa shape index (κ3) is 1.55. The van der Waals surface area contributed by atoms with Gasteiger partial charge in [-0.05, 0) is 24.5 Å². The Balaban J connectivity index is 1.95. The molecule has 5 aliphatic heterocycles. The molecule has 2 heteroatoms. The molecule has 1 aliphatic carbocycles. The van der Waals surface area contributed by atoms with Crippen molar-refractivity contribution in [1.82, 2.24) is 4.90 Å². The topological polar surface area (TPSA) is 15.6 Å². The number of hydrogen-bond donors (Lipinski definition) is 0. The van der Waals surface area contributed by atoms with E-state index < -0.39 is 0 Å². The van der Waals surface area contributed by atoms with Gasteiger partial charge in [0.15, 0.2) is 0 Å². The number of nitrogens with zero attached hydrogens (tertiary/aromatic N) is 2. The predicted octanol–water partition coefficient (Wildman–Crippen LogP) is 1.79. The average Bonchev–Trinajstić information content (AvgIpc) is 2.27. The van der Waals surface area contributed by atoms with E-state index in [0.29, 0.717) is 6.04 Å². The number of rotatable bonds is 0. The second-order valence-corrected chi connectivity index (χ2v) is 4.44. The van der Waals surface area contributed by atoms with Crippen molar-refractivity contribution < 1.29 is 0 Å². The van der Waals surface area contributed by atoms with Crippen LogP contribution in [0.25, 0.3) is 0 Å². The third-order valence-corrected chi connectivity index (χ3v) is 3.37. The van der Waals surface area contributed by atoms with Gasteiger partial charge in [-0.25, -0.2) is 0 Å². The second-order valence-electron chi connectivity index (χ2n) is 4.44. The summed E-state index contributed by atoms with van der Waals surface area (Å²) in [5, 5.41) is 0. The summed E-state index contributed by atoms with van der Waals surface area (Å²) in [6.45, 7) is 3.61. The number of aliphatic imine (C=N–C) groups is 1. The Hall–Kier alpha value is -0.890. The molecule has 74 valence electrons. The molecule has 0 amide bonds. The van der Waals surface area contributed by atoms with Gasteiger partial charge in [0.2, 0.25) is 0 Å². The van der Waals surface area contributed by atoms with E-state index >= 15 is 0 Å². The molecule has 0 saturated carbocycles. The van der Waals surface area contributed by atoms with Gasteiger partial charge < -0.3 is 0 Å². The number of hydrogen-bond acceptors (Lipinski definition) is 2. The maximum Gasteiger partial charge on any atom is 0.0527 e. The van der Waals surface area contributed by atoms with Gasteiger partial charge in [0.25, 0.3) is 0 Å². The quantitative estimate of drug-likeness (QED) is 0.566. The Morgan fingerprint density at radius 1 is 1.21 bits per heavy atom. The summed E-state index contributed by atoms with van der Waals surface area (Å²) >= 11 is 0. The van der Waals surface area contributed by atoms with Crippen LogP contribution in [0.3, 0.4) is 0 Å². The van der Waals surface area contributed by atoms with Crippen LogP contribution in [0, 0.1) is 0 Å². The zero-order valence-corrected chi connectivity index (χ0v) is 8.45. The maximum atomic E-state index is 4.81. The molecule has 6 aliphatic rings. The molecule has 1 fully saturated rings. The highest BCUT2D eigenvalue weighted by atomic mass is 15.1. The van der Waals surface area contributed by atoms with Crippen molar-refractivity contribution >= 4 is 5.71 Å². The monoisotopic (exact) mass is 188 g/mol. The van der Waals surface area contributed by atoms with Crippen LogP contribution in [0.15, 0.2) is 28.8 Å². The maximum absolute atomic E-state index is 4.81. The van der Waals surface area contributed by atoms with Crippen LogP contribution in [0.2, 0.25) is 0 Å². The lowest BCUT2D eigenvalue weighted by Gasteiger charge is -2.32. The van der Waals surface area contributed by atoms with Gasteiger partial charge in [-0.1, -0.05) is 12.2 Å². The zero-order valence-electron chi connectivity index (χ0n) is 8.45. The molecule has 0 aromatic rings. The zero-order chi connectivity index (χ0) is 9.38. The van der Waals surface area contributed by atoms with E-state index in [2.05, 4.69) is 23.1 Å². The van der Waals surface area contributed by atoms with Crippen molar-refractivity contribution in [3.8, 4) is 0 Å². The van der Waals surface area contributed by atoms with Crippen molar-refractivity contribution in [2.45, 2.75) is 25.3 Å². The lowest BCUT2D eigenvalue weighted by atomic mass is 9.99. The van der Waals surface area contributed by atoms with Crippen LogP contribution >= 0.6 is 0 Å². The molecule has 0 radical (unpaired) electrons. The molecule has 0 aromatic carbocycles. The highest BCUT2D eigenvalue weighted by Gasteiger charge is 2.21. The standard InChI is InChI=1S/C12H16N2/c1-3-11-4-2-10(1)9-14-7-5-12(13-11)6-8-14/h1-3,12H,4-9H2/b13-11+. The van der Waals surface area contributed by atoms with Gasteiger partial charge in [0, 0.05) is 31.8 Å². The highest BCUT2D eigenvalue weighted by molar-refractivity contribution is 5.97. The van der Waals surface area contributed by atoms with Crippen molar-refractivity contribution in [1.29, 1.82) is 0 Å². The lowest BCUT2D eigenvalue weighted by Crippen LogP contribution is -2.37. The number of piperidine rings is 1. The molecule has 0 unspecified atom stereocenters. The van der Waals surface area contributed by atoms with E-state index in [1.54, 1.807) is 0 Å². The normalized spacial score (nSPS) is 39.1. The molecule has 0 atom stereocenters. The fourth-order valence-electron chi connectivity index (χ4n) is 2.49. The molecular weight excluding hydrogens is 172 g/mol. The molecule has 14 heavy (non-hydrogen) atoms. The fraction of sp³-hybridized carbons (Fsp3) is 0.583. The molecule has 0 N–H and O–H groups in total. The van der Waals surface area contributed by atoms with Crippen LogP contribution < -0.4 is 0 Å². The second kappa shape index (κ2) is 3.35. The molecule has 1 saturated heterocycles. The van der Waals surface area contributed by atoms with Gasteiger partial charge >= 0.3 is 0 Å². The Kier molecular flexibility index (Phi) is 2.02. The smallest absolute Gasteiger partial charge is 0.0527 e. The van der Waals surface area contributed by atoms with Crippen LogP contribution in [-0.2, 0) is 0 Å². The largest absolute Gasteiger partial charge is 0.299 e. The van der Waals surface area contributed by atoms with Crippen LogP contribution in [0.4, 0.5) is 0 Å². The first-order valence-corrected chi connectivity index (χ1v) is 5.56. The van der Waals surface area contributed by atoms with E-state index in [-0.39, 0.29) is 0 Å². The minimum absolute atomic E-state index is 0.596. The summed E-state index contributed by atoms with van der Waals surface area (Å²) in [7, 11) is 0. The number of allylic oxidation sites excluding steroid dienone is 2. The molecule has 2 nitrogen and oxygen atoms in total. The van der Waals surface area contributed by atoms with E-state index in [4.69, 9.17) is 4.99 Å². The van der Waals surface area contributed by atoms with E-state index in [1.165, 1.54) is 37.2 Å². The highest BCUT2D eigenvalue weighted by Crippen LogP contribution is 2.20. The predicted molar refractivity (Wildman–Crippen MR) is 58.7 cm³/mol. The summed E-state index contributed by atoms with van der Waals surface area (Å²) in [4.78, 5) is 7.36. The van der Waals surface area contributed by atoms with Crippen LogP contribution in [0.1, 0.15) is 19.3 Å². The molecular formula is C12H16N2. The van der Waals surface area contributed by atoms with Gasteiger partial charge in [-0.15, -0.1) is 0 Å². The van der Waals surface area contributed by atoms with E-state index in [0.717, 1.165) is 13.0 Å². The van der Waals surface area contributed by atoms with Gasteiger partial charge in [-0.3, -0.25) is 9.89 Å². The minimum atomic E-state index is 0.596. The summed E-state index contributed by atoms with van der Waals surface area (Å²) in [5.41, 5.74) is 2.76. The lowest BCUT2D eigenvalue weighted by molar-refractivity contribution is 0.230. The van der Waals surface area contributed by atoms with Gasteiger partial charge in [0.05, 0.1) is 6.04 Å². The van der Waals surface area contributed by atoms with Crippen molar-refractivity contribution in [3.05, 3.63) is 23.8 Å².